The van der Waals surface area contributed by atoms with E-state index in [2.05, 4.69) is 24.3 Å². The summed E-state index contributed by atoms with van der Waals surface area (Å²) in [7, 11) is 0. The molecule has 2 aliphatic rings. The summed E-state index contributed by atoms with van der Waals surface area (Å²) in [5, 5.41) is 7.93. The predicted molar refractivity (Wildman–Crippen MR) is 89.2 cm³/mol. The third-order valence-electron chi connectivity index (χ3n) is 5.08. The number of morpholine rings is 1. The highest BCUT2D eigenvalue weighted by Gasteiger charge is 2.25. The molecule has 23 heavy (non-hydrogen) atoms. The van der Waals surface area contributed by atoms with Crippen molar-refractivity contribution < 1.29 is 9.53 Å². The number of hydrogen-bond acceptors (Lipinski definition) is 4. The second-order valence-corrected chi connectivity index (χ2v) is 7.07. The summed E-state index contributed by atoms with van der Waals surface area (Å²) in [4.78, 5) is 14.1. The maximum atomic E-state index is 12.2. The summed E-state index contributed by atoms with van der Waals surface area (Å²) in [5.74, 6) is 1.62. The molecule has 0 radical (unpaired) electrons. The van der Waals surface area contributed by atoms with Crippen LogP contribution in [0.15, 0.2) is 12.4 Å². The van der Waals surface area contributed by atoms with Gasteiger partial charge in [0.25, 0.3) is 0 Å². The van der Waals surface area contributed by atoms with E-state index in [9.17, 15) is 4.79 Å². The minimum Gasteiger partial charge on any atom is -0.380 e. The molecule has 3 atom stereocenters. The lowest BCUT2D eigenvalue weighted by atomic mass is 9.80. The number of aromatic nitrogens is 2. The van der Waals surface area contributed by atoms with Crippen molar-refractivity contribution in [2.45, 2.75) is 45.7 Å². The zero-order valence-electron chi connectivity index (χ0n) is 14.2. The quantitative estimate of drug-likeness (QED) is 0.921. The molecule has 1 saturated carbocycles. The zero-order valence-corrected chi connectivity index (χ0v) is 14.2. The van der Waals surface area contributed by atoms with Gasteiger partial charge >= 0.3 is 0 Å². The van der Waals surface area contributed by atoms with Gasteiger partial charge in [0.1, 0.15) is 6.54 Å². The molecule has 3 rings (SSSR count). The lowest BCUT2D eigenvalue weighted by Crippen LogP contribution is -2.42. The molecular weight excluding hydrogens is 292 g/mol. The molecule has 1 amide bonds. The Kier molecular flexibility index (Phi) is 5.20. The summed E-state index contributed by atoms with van der Waals surface area (Å²) < 4.78 is 7.01. The Balaban J connectivity index is 1.52. The number of anilines is 1. The number of carbonyl (C=O) groups is 1. The van der Waals surface area contributed by atoms with Crippen molar-refractivity contribution in [3.8, 4) is 0 Å². The highest BCUT2D eigenvalue weighted by atomic mass is 16.5. The van der Waals surface area contributed by atoms with Crippen LogP contribution < -0.4 is 5.32 Å². The molecular formula is C17H28N4O2. The van der Waals surface area contributed by atoms with E-state index in [0.29, 0.717) is 44.8 Å². The van der Waals surface area contributed by atoms with E-state index in [4.69, 9.17) is 4.74 Å². The van der Waals surface area contributed by atoms with Crippen LogP contribution in [0.2, 0.25) is 0 Å². The summed E-state index contributed by atoms with van der Waals surface area (Å²) in [6.07, 6.45) is 7.55. The molecule has 0 spiro atoms. The van der Waals surface area contributed by atoms with Gasteiger partial charge in [-0.3, -0.25) is 9.48 Å². The Hall–Kier alpha value is -1.56. The Morgan fingerprint density at radius 3 is 2.87 bits per heavy atom. The lowest BCUT2D eigenvalue weighted by Gasteiger charge is -2.33. The number of nitrogens with zero attached hydrogens (tertiary/aromatic N) is 3. The van der Waals surface area contributed by atoms with E-state index in [1.54, 1.807) is 4.68 Å². The fraction of sp³-hybridized carbons (Fsp3) is 0.765. The largest absolute Gasteiger partial charge is 0.380 e. The maximum absolute atomic E-state index is 12.2. The third kappa shape index (κ3) is 4.25. The van der Waals surface area contributed by atoms with E-state index in [1.807, 2.05) is 17.3 Å². The fourth-order valence-electron chi connectivity index (χ4n) is 3.67. The minimum absolute atomic E-state index is 0.114. The van der Waals surface area contributed by atoms with Gasteiger partial charge in [-0.15, -0.1) is 0 Å². The summed E-state index contributed by atoms with van der Waals surface area (Å²) >= 11 is 0. The van der Waals surface area contributed by atoms with Gasteiger partial charge in [-0.05, 0) is 31.1 Å². The molecule has 0 bridgehead atoms. The number of ether oxygens (including phenoxy) is 1. The van der Waals surface area contributed by atoms with Crippen LogP contribution in [-0.4, -0.2) is 52.9 Å². The van der Waals surface area contributed by atoms with Gasteiger partial charge in [-0.1, -0.05) is 13.8 Å². The second-order valence-electron chi connectivity index (χ2n) is 7.07. The molecule has 1 saturated heterocycles. The summed E-state index contributed by atoms with van der Waals surface area (Å²) in [5.41, 5.74) is 1.02. The fourth-order valence-corrected chi connectivity index (χ4v) is 3.67. The van der Waals surface area contributed by atoms with Gasteiger partial charge in [0.05, 0.1) is 25.1 Å². The van der Waals surface area contributed by atoms with Gasteiger partial charge in [-0.25, -0.2) is 0 Å². The van der Waals surface area contributed by atoms with Crippen LogP contribution in [0, 0.1) is 11.8 Å². The lowest BCUT2D eigenvalue weighted by molar-refractivity contribution is -0.136. The van der Waals surface area contributed by atoms with E-state index >= 15 is 0 Å². The molecule has 1 aromatic heterocycles. The SMILES string of the molecule is C[C@@H]1CC[C@H](Nc2cnn(CC(=O)N3CCOCC3)c2)[C@H](C)C1. The van der Waals surface area contributed by atoms with Gasteiger partial charge in [0.15, 0.2) is 0 Å². The smallest absolute Gasteiger partial charge is 0.244 e. The molecule has 6 nitrogen and oxygen atoms in total. The molecule has 0 unspecified atom stereocenters. The highest BCUT2D eigenvalue weighted by Crippen LogP contribution is 2.30. The third-order valence-corrected chi connectivity index (χ3v) is 5.08. The molecule has 6 heteroatoms. The molecule has 1 aliphatic heterocycles. The van der Waals surface area contributed by atoms with Crippen LogP contribution in [0.5, 0.6) is 0 Å². The molecule has 1 aromatic rings. The maximum Gasteiger partial charge on any atom is 0.244 e. The molecule has 2 heterocycles. The number of hydrogen-bond donors (Lipinski definition) is 1. The van der Waals surface area contributed by atoms with Crippen molar-refractivity contribution in [2.75, 3.05) is 31.6 Å². The van der Waals surface area contributed by atoms with Crippen LogP contribution in [0.4, 0.5) is 5.69 Å². The Morgan fingerprint density at radius 1 is 1.35 bits per heavy atom. The molecule has 0 aromatic carbocycles. The average molecular weight is 320 g/mol. The van der Waals surface area contributed by atoms with Crippen LogP contribution in [-0.2, 0) is 16.1 Å². The topological polar surface area (TPSA) is 59.4 Å². The Labute approximate surface area is 138 Å². The highest BCUT2D eigenvalue weighted by molar-refractivity contribution is 5.76. The van der Waals surface area contributed by atoms with Crippen LogP contribution in [0.25, 0.3) is 0 Å². The van der Waals surface area contributed by atoms with Crippen molar-refractivity contribution in [1.29, 1.82) is 0 Å². The van der Waals surface area contributed by atoms with Crippen molar-refractivity contribution in [3.63, 3.8) is 0 Å². The normalized spacial score (nSPS) is 28.6. The molecule has 1 N–H and O–H groups in total. The number of rotatable bonds is 4. The monoisotopic (exact) mass is 320 g/mol. The van der Waals surface area contributed by atoms with Crippen molar-refractivity contribution in [1.82, 2.24) is 14.7 Å². The summed E-state index contributed by atoms with van der Waals surface area (Å²) in [6, 6.07) is 0.513. The zero-order chi connectivity index (χ0) is 16.2. The number of nitrogens with one attached hydrogen (secondary N) is 1. The van der Waals surface area contributed by atoms with E-state index in [0.717, 1.165) is 11.6 Å². The number of carbonyl (C=O) groups excluding carboxylic acids is 1. The predicted octanol–water partition coefficient (Wildman–Crippen LogP) is 1.98. The van der Waals surface area contributed by atoms with Gasteiger partial charge < -0.3 is 15.0 Å². The Bertz CT molecular complexity index is 524. The van der Waals surface area contributed by atoms with Gasteiger partial charge in [0, 0.05) is 25.3 Å². The van der Waals surface area contributed by atoms with Crippen LogP contribution >= 0.6 is 0 Å². The van der Waals surface area contributed by atoms with Gasteiger partial charge in [-0.2, -0.15) is 5.10 Å². The average Bonchev–Trinajstić information content (AvgIpc) is 2.98. The number of amides is 1. The van der Waals surface area contributed by atoms with E-state index in [1.165, 1.54) is 19.3 Å². The first-order chi connectivity index (χ1) is 11.1. The Morgan fingerprint density at radius 2 is 2.13 bits per heavy atom. The van der Waals surface area contributed by atoms with Crippen molar-refractivity contribution >= 4 is 11.6 Å². The van der Waals surface area contributed by atoms with E-state index < -0.39 is 0 Å². The first-order valence-electron chi connectivity index (χ1n) is 8.76. The van der Waals surface area contributed by atoms with E-state index in [-0.39, 0.29) is 5.91 Å². The first-order valence-corrected chi connectivity index (χ1v) is 8.76. The van der Waals surface area contributed by atoms with Crippen molar-refractivity contribution in [3.05, 3.63) is 12.4 Å². The van der Waals surface area contributed by atoms with Crippen LogP contribution in [0.1, 0.15) is 33.1 Å². The first kappa shape index (κ1) is 16.3. The van der Waals surface area contributed by atoms with Crippen LogP contribution in [0.3, 0.4) is 0 Å². The summed E-state index contributed by atoms with van der Waals surface area (Å²) in [6.45, 7) is 7.60. The molecule has 1 aliphatic carbocycles. The molecule has 128 valence electrons. The van der Waals surface area contributed by atoms with Crippen molar-refractivity contribution in [2.24, 2.45) is 11.8 Å². The standard InChI is InChI=1S/C17H28N4O2/c1-13-3-4-16(14(2)9-13)19-15-10-18-21(11-15)12-17(22)20-5-7-23-8-6-20/h10-11,13-14,16,19H,3-9,12H2,1-2H3/t13-,14-,16+/m1/s1. The minimum atomic E-state index is 0.114. The second kappa shape index (κ2) is 7.34. The van der Waals surface area contributed by atoms with Gasteiger partial charge in [0.2, 0.25) is 5.91 Å². The molecule has 2 fully saturated rings.